The van der Waals surface area contributed by atoms with Gasteiger partial charge in [0.25, 0.3) is 0 Å². The van der Waals surface area contributed by atoms with Gasteiger partial charge in [0.1, 0.15) is 4.21 Å². The Morgan fingerprint density at radius 2 is 2.00 bits per heavy atom. The van der Waals surface area contributed by atoms with Gasteiger partial charge in [-0.3, -0.25) is 0 Å². The van der Waals surface area contributed by atoms with Crippen molar-refractivity contribution in [1.82, 2.24) is 14.8 Å². The van der Waals surface area contributed by atoms with Crippen LogP contribution in [0.2, 0.25) is 0 Å². The van der Waals surface area contributed by atoms with Crippen LogP contribution in [0.25, 0.3) is 10.7 Å². The molecule has 0 N–H and O–H groups in total. The summed E-state index contributed by atoms with van der Waals surface area (Å²) in [6.07, 6.45) is 1.93. The van der Waals surface area contributed by atoms with Gasteiger partial charge in [0.15, 0.2) is 20.8 Å². The Balaban J connectivity index is 2.44. The Labute approximate surface area is 121 Å². The monoisotopic (exact) mass is 317 g/mol. The van der Waals surface area contributed by atoms with E-state index in [1.165, 1.54) is 23.1 Å². The summed E-state index contributed by atoms with van der Waals surface area (Å²) >= 11 is 2.74. The molecule has 0 radical (unpaired) electrons. The third-order valence-electron chi connectivity index (χ3n) is 2.72. The first-order valence-corrected chi connectivity index (χ1v) is 9.24. The van der Waals surface area contributed by atoms with Gasteiger partial charge in [-0.2, -0.15) is 0 Å². The molecule has 19 heavy (non-hydrogen) atoms. The normalized spacial score (nSPS) is 12.3. The van der Waals surface area contributed by atoms with Crippen molar-refractivity contribution in [1.29, 1.82) is 0 Å². The molecule has 8 heteroatoms. The molecule has 0 bridgehead atoms. The lowest BCUT2D eigenvalue weighted by atomic mass is 10.4. The average Bonchev–Trinajstić information content (AvgIpc) is 2.95. The molecule has 104 valence electrons. The number of thioether (sulfide) groups is 1. The highest BCUT2D eigenvalue weighted by atomic mass is 32.2. The first kappa shape index (κ1) is 14.5. The molecule has 2 aromatic rings. The van der Waals surface area contributed by atoms with Crippen LogP contribution in [-0.2, 0) is 16.9 Å². The maximum Gasteiger partial charge on any atom is 0.190 e. The molecule has 2 heterocycles. The molecule has 0 aliphatic carbocycles. The van der Waals surface area contributed by atoms with E-state index < -0.39 is 15.1 Å². The zero-order valence-electron chi connectivity index (χ0n) is 11.1. The number of sulfone groups is 1. The summed E-state index contributed by atoms with van der Waals surface area (Å²) < 4.78 is 26.4. The summed E-state index contributed by atoms with van der Waals surface area (Å²) in [6.45, 7) is 3.37. The Bertz CT molecular complexity index is 686. The fourth-order valence-corrected chi connectivity index (χ4v) is 4.81. The number of hydrogen-bond acceptors (Lipinski definition) is 6. The molecule has 0 atom stereocenters. The number of nitrogens with zero attached hydrogens (tertiary/aromatic N) is 3. The molecule has 2 rings (SSSR count). The third-order valence-corrected chi connectivity index (χ3v) is 7.20. The Hall–Kier alpha value is -0.860. The number of aromatic nitrogens is 3. The fraction of sp³-hybridized carbons (Fsp3) is 0.455. The molecule has 0 unspecified atom stereocenters. The van der Waals surface area contributed by atoms with Gasteiger partial charge in [0, 0.05) is 7.05 Å². The van der Waals surface area contributed by atoms with Crippen molar-refractivity contribution in [2.24, 2.45) is 7.05 Å². The van der Waals surface area contributed by atoms with E-state index in [0.29, 0.717) is 10.0 Å². The molecule has 0 amide bonds. The van der Waals surface area contributed by atoms with Crippen molar-refractivity contribution in [2.45, 2.75) is 28.5 Å². The quantitative estimate of drug-likeness (QED) is 0.810. The van der Waals surface area contributed by atoms with E-state index >= 15 is 0 Å². The number of rotatable bonds is 4. The van der Waals surface area contributed by atoms with Crippen molar-refractivity contribution in [3.63, 3.8) is 0 Å². The van der Waals surface area contributed by atoms with Gasteiger partial charge in [0.05, 0.1) is 10.1 Å². The summed E-state index contributed by atoms with van der Waals surface area (Å²) in [4.78, 5) is 0.814. The topological polar surface area (TPSA) is 64.8 Å². The highest BCUT2D eigenvalue weighted by molar-refractivity contribution is 7.98. The first-order chi connectivity index (χ1) is 8.87. The van der Waals surface area contributed by atoms with Gasteiger partial charge in [-0.15, -0.1) is 21.5 Å². The molecule has 2 aromatic heterocycles. The van der Waals surface area contributed by atoms with Crippen LogP contribution in [0.4, 0.5) is 0 Å². The highest BCUT2D eigenvalue weighted by Gasteiger charge is 2.22. The summed E-state index contributed by atoms with van der Waals surface area (Å²) in [5.41, 5.74) is 0. The molecule has 0 aromatic carbocycles. The predicted molar refractivity (Wildman–Crippen MR) is 78.4 cm³/mol. The molecule has 0 aliphatic rings. The van der Waals surface area contributed by atoms with Crippen LogP contribution in [0.1, 0.15) is 13.8 Å². The first-order valence-electron chi connectivity index (χ1n) is 5.65. The van der Waals surface area contributed by atoms with E-state index in [0.717, 1.165) is 10.0 Å². The molecule has 0 saturated carbocycles. The maximum absolute atomic E-state index is 12.1. The Morgan fingerprint density at radius 3 is 2.53 bits per heavy atom. The lowest BCUT2D eigenvalue weighted by molar-refractivity contribution is 0.589. The van der Waals surface area contributed by atoms with Crippen LogP contribution in [0.5, 0.6) is 0 Å². The minimum absolute atomic E-state index is 0.381. The van der Waals surface area contributed by atoms with Gasteiger partial charge in [0.2, 0.25) is 0 Å². The van der Waals surface area contributed by atoms with Crippen LogP contribution >= 0.6 is 23.1 Å². The number of hydrogen-bond donors (Lipinski definition) is 0. The van der Waals surface area contributed by atoms with Crippen molar-refractivity contribution < 1.29 is 8.42 Å². The average molecular weight is 317 g/mol. The summed E-state index contributed by atoms with van der Waals surface area (Å²) in [6, 6.07) is 3.43. The minimum atomic E-state index is -3.22. The second-order valence-electron chi connectivity index (χ2n) is 4.28. The highest BCUT2D eigenvalue weighted by Crippen LogP contribution is 2.32. The van der Waals surface area contributed by atoms with Crippen LogP contribution in [0.15, 0.2) is 21.5 Å². The van der Waals surface area contributed by atoms with Gasteiger partial charge < -0.3 is 4.57 Å². The van der Waals surface area contributed by atoms with E-state index in [4.69, 9.17) is 0 Å². The lowest BCUT2D eigenvalue weighted by Gasteiger charge is -2.03. The zero-order valence-corrected chi connectivity index (χ0v) is 13.6. The Morgan fingerprint density at radius 1 is 1.32 bits per heavy atom. The van der Waals surface area contributed by atoms with Crippen LogP contribution in [0.3, 0.4) is 0 Å². The van der Waals surface area contributed by atoms with Crippen molar-refractivity contribution in [2.75, 3.05) is 6.26 Å². The molecule has 0 aliphatic heterocycles. The van der Waals surface area contributed by atoms with Gasteiger partial charge in [-0.1, -0.05) is 11.8 Å². The van der Waals surface area contributed by atoms with Crippen LogP contribution < -0.4 is 0 Å². The maximum atomic E-state index is 12.1. The smallest absolute Gasteiger partial charge is 0.190 e. The van der Waals surface area contributed by atoms with Crippen molar-refractivity contribution in [3.05, 3.63) is 12.1 Å². The lowest BCUT2D eigenvalue weighted by Crippen LogP contribution is -2.12. The van der Waals surface area contributed by atoms with E-state index in [9.17, 15) is 8.42 Å². The largest absolute Gasteiger partial charge is 0.305 e. The summed E-state index contributed by atoms with van der Waals surface area (Å²) in [5, 5.41) is 8.54. The third kappa shape index (κ3) is 2.56. The Kier molecular flexibility index (Phi) is 4.03. The second-order valence-corrected chi connectivity index (χ2v) is 8.87. The summed E-state index contributed by atoms with van der Waals surface area (Å²) in [5.74, 6) is 0.694. The second kappa shape index (κ2) is 5.26. The molecule has 0 spiro atoms. The van der Waals surface area contributed by atoms with Crippen molar-refractivity contribution in [3.8, 4) is 10.7 Å². The summed E-state index contributed by atoms with van der Waals surface area (Å²) in [7, 11) is -1.35. The van der Waals surface area contributed by atoms with Crippen LogP contribution in [0, 0.1) is 0 Å². The van der Waals surface area contributed by atoms with E-state index in [-0.39, 0.29) is 0 Å². The van der Waals surface area contributed by atoms with Crippen molar-refractivity contribution >= 4 is 32.9 Å². The van der Waals surface area contributed by atoms with Crippen LogP contribution in [-0.4, -0.2) is 34.7 Å². The van der Waals surface area contributed by atoms with E-state index in [1.54, 1.807) is 26.0 Å². The molecule has 0 fully saturated rings. The molecule has 0 saturated heterocycles. The van der Waals surface area contributed by atoms with Gasteiger partial charge >= 0.3 is 0 Å². The zero-order chi connectivity index (χ0) is 14.2. The van der Waals surface area contributed by atoms with Gasteiger partial charge in [-0.25, -0.2) is 8.42 Å². The van der Waals surface area contributed by atoms with E-state index in [1.807, 2.05) is 17.9 Å². The predicted octanol–water partition coefficient (Wildman–Crippen LogP) is 2.45. The standard InChI is InChI=1S/C11H15N3O2S3/c1-7(2)19(15,16)9-6-5-8(18-9)10-12-13-11(17-4)14(10)3/h5-7H,1-4H3. The molecule has 5 nitrogen and oxygen atoms in total. The number of thiophene rings is 1. The van der Waals surface area contributed by atoms with Gasteiger partial charge in [-0.05, 0) is 32.2 Å². The van der Waals surface area contributed by atoms with E-state index in [2.05, 4.69) is 10.2 Å². The molecular formula is C11H15N3O2S3. The SMILES string of the molecule is CSc1nnc(-c2ccc(S(=O)(=O)C(C)C)s2)n1C. The minimum Gasteiger partial charge on any atom is -0.305 e. The molecular weight excluding hydrogens is 302 g/mol. The fourth-order valence-electron chi connectivity index (χ4n) is 1.53.